The van der Waals surface area contributed by atoms with Crippen molar-refractivity contribution in [1.82, 2.24) is 0 Å². The monoisotopic (exact) mass is 314 g/mol. The van der Waals surface area contributed by atoms with Crippen molar-refractivity contribution in [3.63, 3.8) is 0 Å². The van der Waals surface area contributed by atoms with Crippen molar-refractivity contribution in [2.45, 2.75) is 52.5 Å². The Bertz CT molecular complexity index is 444. The first-order chi connectivity index (χ1) is 10.7. The van der Waals surface area contributed by atoms with E-state index in [4.69, 9.17) is 4.74 Å². The van der Waals surface area contributed by atoms with Crippen LogP contribution >= 0.6 is 0 Å². The number of rotatable bonds is 11. The molecule has 0 fully saturated rings. The maximum absolute atomic E-state index is 5.70. The van der Waals surface area contributed by atoms with Gasteiger partial charge in [0.25, 0.3) is 0 Å². The van der Waals surface area contributed by atoms with Crippen molar-refractivity contribution in [1.29, 1.82) is 0 Å². The van der Waals surface area contributed by atoms with Gasteiger partial charge in [-0.05, 0) is 40.0 Å². The Labute approximate surface area is 139 Å². The third kappa shape index (κ3) is 10.6. The van der Waals surface area contributed by atoms with E-state index in [2.05, 4.69) is 63.3 Å². The van der Waals surface area contributed by atoms with Crippen molar-refractivity contribution in [3.05, 3.63) is 53.6 Å². The molecule has 2 heteroatoms. The Morgan fingerprint density at radius 2 is 1.82 bits per heavy atom. The van der Waals surface area contributed by atoms with Gasteiger partial charge in [-0.15, -0.1) is 0 Å². The topological polar surface area (TPSA) is 9.23 Å². The summed E-state index contributed by atoms with van der Waals surface area (Å²) in [6, 6.07) is 12.0. The molecule has 1 rings (SSSR count). The average Bonchev–Trinajstić information content (AvgIpc) is 2.50. The van der Waals surface area contributed by atoms with Gasteiger partial charge in [-0.2, -0.15) is 0 Å². The second-order valence-electron chi connectivity index (χ2n) is 5.95. The van der Waals surface area contributed by atoms with Crippen LogP contribution in [-0.2, 0) is 4.74 Å². The van der Waals surface area contributed by atoms with Gasteiger partial charge in [0.05, 0.1) is 16.1 Å². The smallest absolute Gasteiger partial charge is 0.0807 e. The van der Waals surface area contributed by atoms with Crippen LogP contribution in [-0.4, -0.2) is 22.7 Å². The molecular weight excluding hydrogens is 284 g/mol. The maximum Gasteiger partial charge on any atom is 0.0807 e. The lowest BCUT2D eigenvalue weighted by Gasteiger charge is -2.03. The van der Waals surface area contributed by atoms with Gasteiger partial charge in [0.15, 0.2) is 0 Å². The van der Waals surface area contributed by atoms with Gasteiger partial charge in [-0.3, -0.25) is 0 Å². The highest BCUT2D eigenvalue weighted by atomic mass is 28.2. The van der Waals surface area contributed by atoms with E-state index in [1.807, 2.05) is 0 Å². The molecule has 0 aromatic heterocycles. The molecule has 0 aliphatic carbocycles. The molecule has 120 valence electrons. The van der Waals surface area contributed by atoms with Crippen LogP contribution in [0, 0.1) is 0 Å². The first kappa shape index (κ1) is 18.9. The normalized spacial score (nSPS) is 11.5. The molecule has 0 saturated heterocycles. The van der Waals surface area contributed by atoms with Crippen LogP contribution < -0.4 is 5.19 Å². The van der Waals surface area contributed by atoms with Gasteiger partial charge in [-0.1, -0.05) is 71.3 Å². The van der Waals surface area contributed by atoms with E-state index in [0.717, 1.165) is 35.6 Å². The first-order valence-corrected chi connectivity index (χ1v) is 9.55. The Morgan fingerprint density at radius 3 is 2.55 bits per heavy atom. The minimum atomic E-state index is 0.766. The molecule has 0 aliphatic heterocycles. The van der Waals surface area contributed by atoms with Crippen LogP contribution in [0.5, 0.6) is 0 Å². The number of ether oxygens (including phenoxy) is 1. The molecule has 0 unspecified atom stereocenters. The number of allylic oxidation sites excluding steroid dienone is 3. The second kappa shape index (κ2) is 12.4. The van der Waals surface area contributed by atoms with Crippen LogP contribution in [0.4, 0.5) is 0 Å². The number of unbranched alkanes of at least 4 members (excludes halogenated alkanes) is 1. The molecule has 2 radical (unpaired) electrons. The van der Waals surface area contributed by atoms with Gasteiger partial charge in [0, 0.05) is 6.61 Å². The SMILES string of the molecule is CC(C)=CCC/C(C)=C/COCCCC[Si]c1ccccc1. The third-order valence-corrected chi connectivity index (χ3v) is 4.80. The molecule has 1 aromatic rings. The molecule has 0 aliphatic rings. The van der Waals surface area contributed by atoms with E-state index in [1.54, 1.807) is 0 Å². The lowest BCUT2D eigenvalue weighted by Crippen LogP contribution is -2.12. The van der Waals surface area contributed by atoms with Crippen molar-refractivity contribution in [2.24, 2.45) is 0 Å². The molecule has 1 aromatic carbocycles. The van der Waals surface area contributed by atoms with Crippen molar-refractivity contribution in [3.8, 4) is 0 Å². The van der Waals surface area contributed by atoms with Crippen LogP contribution in [0.25, 0.3) is 0 Å². The lowest BCUT2D eigenvalue weighted by atomic mass is 10.1. The predicted octanol–water partition coefficient (Wildman–Crippen LogP) is 4.92. The summed E-state index contributed by atoms with van der Waals surface area (Å²) in [7, 11) is 0.937. The van der Waals surface area contributed by atoms with Crippen LogP contribution in [0.2, 0.25) is 6.04 Å². The molecule has 0 amide bonds. The average molecular weight is 315 g/mol. The van der Waals surface area contributed by atoms with Crippen molar-refractivity contribution < 1.29 is 4.74 Å². The summed E-state index contributed by atoms with van der Waals surface area (Å²) in [5.41, 5.74) is 2.84. The zero-order chi connectivity index (χ0) is 16.0. The highest BCUT2D eigenvalue weighted by Gasteiger charge is 1.95. The third-order valence-electron chi connectivity index (χ3n) is 3.46. The highest BCUT2D eigenvalue weighted by Crippen LogP contribution is 2.06. The van der Waals surface area contributed by atoms with E-state index < -0.39 is 0 Å². The Hall–Kier alpha value is -1.12. The molecule has 0 N–H and O–H groups in total. The fourth-order valence-electron chi connectivity index (χ4n) is 2.09. The second-order valence-corrected chi connectivity index (χ2v) is 7.38. The van der Waals surface area contributed by atoms with Gasteiger partial charge in [-0.25, -0.2) is 0 Å². The van der Waals surface area contributed by atoms with Gasteiger partial charge in [0.1, 0.15) is 0 Å². The predicted molar refractivity (Wildman–Crippen MR) is 99.1 cm³/mol. The quantitative estimate of drug-likeness (QED) is 0.320. The van der Waals surface area contributed by atoms with E-state index >= 15 is 0 Å². The standard InChI is InChI=1S/C20H30OSi/c1-18(2)10-9-11-19(3)14-16-21-15-7-8-17-22-20-12-5-4-6-13-20/h4-6,10,12-14H,7-9,11,15-17H2,1-3H3/b19-14+. The number of benzene rings is 1. The summed E-state index contributed by atoms with van der Waals surface area (Å²) < 4.78 is 5.70. The fourth-order valence-corrected chi connectivity index (χ4v) is 3.24. The van der Waals surface area contributed by atoms with E-state index in [0.29, 0.717) is 0 Å². The maximum atomic E-state index is 5.70. The molecule has 0 heterocycles. The van der Waals surface area contributed by atoms with Crippen molar-refractivity contribution >= 4 is 14.7 Å². The number of hydrogen-bond donors (Lipinski definition) is 0. The summed E-state index contributed by atoms with van der Waals surface area (Å²) in [6.07, 6.45) is 9.25. The van der Waals surface area contributed by atoms with E-state index in [-0.39, 0.29) is 0 Å². The zero-order valence-electron chi connectivity index (χ0n) is 14.4. The highest BCUT2D eigenvalue weighted by molar-refractivity contribution is 6.53. The summed E-state index contributed by atoms with van der Waals surface area (Å²) >= 11 is 0. The molecule has 0 atom stereocenters. The van der Waals surface area contributed by atoms with Crippen molar-refractivity contribution in [2.75, 3.05) is 13.2 Å². The molecule has 0 saturated carbocycles. The Balaban J connectivity index is 1.95. The Morgan fingerprint density at radius 1 is 1.05 bits per heavy atom. The molecule has 1 nitrogen and oxygen atoms in total. The van der Waals surface area contributed by atoms with Crippen LogP contribution in [0.15, 0.2) is 53.6 Å². The summed E-state index contributed by atoms with van der Waals surface area (Å²) in [5, 5.41) is 1.47. The van der Waals surface area contributed by atoms with Gasteiger partial charge in [0.2, 0.25) is 0 Å². The minimum absolute atomic E-state index is 0.766. The number of hydrogen-bond acceptors (Lipinski definition) is 1. The minimum Gasteiger partial charge on any atom is -0.377 e. The van der Waals surface area contributed by atoms with Crippen LogP contribution in [0.3, 0.4) is 0 Å². The fraction of sp³-hybridized carbons (Fsp3) is 0.500. The summed E-state index contributed by atoms with van der Waals surface area (Å²) in [4.78, 5) is 0. The summed E-state index contributed by atoms with van der Waals surface area (Å²) in [5.74, 6) is 0. The Kier molecular flexibility index (Phi) is 10.7. The zero-order valence-corrected chi connectivity index (χ0v) is 15.4. The largest absolute Gasteiger partial charge is 0.377 e. The lowest BCUT2D eigenvalue weighted by molar-refractivity contribution is 0.158. The van der Waals surface area contributed by atoms with E-state index in [9.17, 15) is 0 Å². The summed E-state index contributed by atoms with van der Waals surface area (Å²) in [6.45, 7) is 8.16. The molecular formula is C20H30OSi. The van der Waals surface area contributed by atoms with Gasteiger partial charge >= 0.3 is 0 Å². The molecule has 0 spiro atoms. The van der Waals surface area contributed by atoms with Crippen LogP contribution in [0.1, 0.15) is 46.5 Å². The van der Waals surface area contributed by atoms with Gasteiger partial charge < -0.3 is 4.74 Å². The molecule has 0 bridgehead atoms. The van der Waals surface area contributed by atoms with E-state index in [1.165, 1.54) is 35.2 Å². The first-order valence-electron chi connectivity index (χ1n) is 8.34. The molecule has 22 heavy (non-hydrogen) atoms.